The Hall–Kier alpha value is -1.13. The van der Waals surface area contributed by atoms with E-state index in [4.69, 9.17) is 10.5 Å². The molecule has 2 unspecified atom stereocenters. The molecule has 2 heterocycles. The van der Waals surface area contributed by atoms with E-state index in [1.807, 2.05) is 12.3 Å². The number of nitrogens with two attached hydrogens (primary N) is 1. The first-order chi connectivity index (χ1) is 8.84. The monoisotopic (exact) mass is 262 g/mol. The zero-order valence-corrected chi connectivity index (χ0v) is 11.2. The van der Waals surface area contributed by atoms with Gasteiger partial charge in [-0.05, 0) is 36.8 Å². The lowest BCUT2D eigenvalue weighted by Gasteiger charge is -2.22. The molecule has 3 nitrogen and oxygen atoms in total. The summed E-state index contributed by atoms with van der Waals surface area (Å²) in [5, 5.41) is 3.19. The first-order valence-electron chi connectivity index (χ1n) is 6.59. The maximum Gasteiger partial charge on any atom is 0.222 e. The molecule has 2 aromatic heterocycles. The number of pyridine rings is 1. The molecular weight excluding hydrogens is 244 g/mol. The van der Waals surface area contributed by atoms with Gasteiger partial charge in [0.25, 0.3) is 0 Å². The van der Waals surface area contributed by atoms with Crippen LogP contribution in [0.5, 0.6) is 5.88 Å². The van der Waals surface area contributed by atoms with Crippen molar-refractivity contribution in [2.24, 2.45) is 5.73 Å². The summed E-state index contributed by atoms with van der Waals surface area (Å²) >= 11 is 1.72. The number of fused-ring (bicyclic) bond motifs is 1. The number of hydrogen-bond donors (Lipinski definition) is 1. The summed E-state index contributed by atoms with van der Waals surface area (Å²) in [6, 6.07) is 4.24. The third kappa shape index (κ3) is 2.35. The van der Waals surface area contributed by atoms with E-state index in [9.17, 15) is 0 Å². The fourth-order valence-corrected chi connectivity index (χ4v) is 3.33. The van der Waals surface area contributed by atoms with E-state index in [2.05, 4.69) is 16.4 Å². The van der Waals surface area contributed by atoms with Crippen molar-refractivity contribution in [3.63, 3.8) is 0 Å². The molecule has 2 aromatic rings. The zero-order chi connectivity index (χ0) is 12.4. The van der Waals surface area contributed by atoms with Gasteiger partial charge < -0.3 is 10.5 Å². The highest BCUT2D eigenvalue weighted by atomic mass is 32.1. The number of hydrogen-bond acceptors (Lipinski definition) is 4. The van der Waals surface area contributed by atoms with Crippen LogP contribution in [0.25, 0.3) is 10.1 Å². The first-order valence-corrected chi connectivity index (χ1v) is 7.47. The Kier molecular flexibility index (Phi) is 3.48. The zero-order valence-electron chi connectivity index (χ0n) is 10.3. The van der Waals surface area contributed by atoms with E-state index in [1.165, 1.54) is 24.0 Å². The average molecular weight is 262 g/mol. The molecule has 0 spiro atoms. The van der Waals surface area contributed by atoms with Gasteiger partial charge in [-0.1, -0.05) is 12.8 Å². The van der Waals surface area contributed by atoms with Crippen LogP contribution >= 0.6 is 11.3 Å². The number of aromatic nitrogens is 1. The first kappa shape index (κ1) is 11.9. The van der Waals surface area contributed by atoms with Gasteiger partial charge in [-0.2, -0.15) is 0 Å². The summed E-state index contributed by atoms with van der Waals surface area (Å²) in [7, 11) is 0. The van der Waals surface area contributed by atoms with Crippen LogP contribution in [0.1, 0.15) is 32.1 Å². The van der Waals surface area contributed by atoms with Crippen LogP contribution in [0.3, 0.4) is 0 Å². The second-order valence-corrected chi connectivity index (χ2v) is 5.85. The molecule has 1 fully saturated rings. The van der Waals surface area contributed by atoms with Crippen LogP contribution in [0, 0.1) is 0 Å². The topological polar surface area (TPSA) is 48.1 Å². The number of ether oxygens (including phenoxy) is 1. The molecule has 2 atom stereocenters. The van der Waals surface area contributed by atoms with Crippen LogP contribution in [0.15, 0.2) is 23.7 Å². The molecule has 18 heavy (non-hydrogen) atoms. The molecule has 0 radical (unpaired) electrons. The lowest BCUT2D eigenvalue weighted by atomic mass is 10.1. The smallest absolute Gasteiger partial charge is 0.222 e. The Morgan fingerprint density at radius 3 is 3.06 bits per heavy atom. The van der Waals surface area contributed by atoms with E-state index in [-0.39, 0.29) is 12.1 Å². The Labute approximate surface area is 111 Å². The van der Waals surface area contributed by atoms with Crippen molar-refractivity contribution >= 4 is 21.4 Å². The second kappa shape index (κ2) is 5.24. The molecule has 1 aliphatic carbocycles. The number of rotatable bonds is 2. The van der Waals surface area contributed by atoms with Crippen LogP contribution in [-0.4, -0.2) is 17.1 Å². The Balaban J connectivity index is 1.84. The molecule has 4 heteroatoms. The van der Waals surface area contributed by atoms with Crippen molar-refractivity contribution in [3.8, 4) is 5.88 Å². The molecule has 96 valence electrons. The summed E-state index contributed by atoms with van der Waals surface area (Å²) in [5.74, 6) is 0.746. The standard InChI is InChI=1S/C14H18N2OS/c15-11-4-2-1-3-5-12(11)17-14-10-7-9-18-13(10)6-8-16-14/h6-9,11-12H,1-5,15H2. The normalized spacial score (nSPS) is 24.9. The van der Waals surface area contributed by atoms with Crippen molar-refractivity contribution in [1.29, 1.82) is 0 Å². The maximum absolute atomic E-state index is 6.20. The lowest BCUT2D eigenvalue weighted by molar-refractivity contribution is 0.158. The Bertz CT molecular complexity index is 525. The molecule has 1 aliphatic rings. The van der Waals surface area contributed by atoms with Crippen molar-refractivity contribution in [1.82, 2.24) is 4.98 Å². The van der Waals surface area contributed by atoms with Crippen LogP contribution in [0.2, 0.25) is 0 Å². The predicted molar refractivity (Wildman–Crippen MR) is 75.1 cm³/mol. The minimum absolute atomic E-state index is 0.116. The van der Waals surface area contributed by atoms with E-state index in [0.29, 0.717) is 0 Å². The van der Waals surface area contributed by atoms with Crippen molar-refractivity contribution in [2.75, 3.05) is 0 Å². The number of nitrogens with zero attached hydrogens (tertiary/aromatic N) is 1. The molecule has 1 saturated carbocycles. The molecule has 0 aliphatic heterocycles. The second-order valence-electron chi connectivity index (χ2n) is 4.91. The van der Waals surface area contributed by atoms with Crippen molar-refractivity contribution < 1.29 is 4.74 Å². The molecule has 2 N–H and O–H groups in total. The van der Waals surface area contributed by atoms with Gasteiger partial charge in [0.1, 0.15) is 6.10 Å². The molecule has 0 saturated heterocycles. The van der Waals surface area contributed by atoms with E-state index in [1.54, 1.807) is 11.3 Å². The van der Waals surface area contributed by atoms with Crippen LogP contribution < -0.4 is 10.5 Å². The number of thiophene rings is 1. The highest BCUT2D eigenvalue weighted by Gasteiger charge is 2.23. The summed E-state index contributed by atoms with van der Waals surface area (Å²) in [4.78, 5) is 4.37. The molecular formula is C14H18N2OS. The summed E-state index contributed by atoms with van der Waals surface area (Å²) in [5.41, 5.74) is 6.20. The van der Waals surface area contributed by atoms with Gasteiger partial charge in [-0.15, -0.1) is 11.3 Å². The highest BCUT2D eigenvalue weighted by Crippen LogP contribution is 2.30. The molecule has 3 rings (SSSR count). The largest absolute Gasteiger partial charge is 0.472 e. The van der Waals surface area contributed by atoms with Gasteiger partial charge >= 0.3 is 0 Å². The SMILES string of the molecule is NC1CCCCCC1Oc1nccc2sccc12. The molecule has 0 amide bonds. The molecule has 0 bridgehead atoms. The quantitative estimate of drug-likeness (QED) is 0.844. The Morgan fingerprint density at radius 1 is 1.22 bits per heavy atom. The van der Waals surface area contributed by atoms with Gasteiger partial charge in [0.05, 0.1) is 5.39 Å². The summed E-state index contributed by atoms with van der Waals surface area (Å²) < 4.78 is 7.31. The average Bonchev–Trinajstić information content (AvgIpc) is 2.77. The predicted octanol–water partition coefficient (Wildman–Crippen LogP) is 3.34. The van der Waals surface area contributed by atoms with E-state index >= 15 is 0 Å². The van der Waals surface area contributed by atoms with Gasteiger partial charge in [0.2, 0.25) is 5.88 Å². The van der Waals surface area contributed by atoms with Crippen molar-refractivity contribution in [3.05, 3.63) is 23.7 Å². The van der Waals surface area contributed by atoms with Gasteiger partial charge in [0, 0.05) is 16.9 Å². The minimum atomic E-state index is 0.116. The lowest BCUT2D eigenvalue weighted by Crippen LogP contribution is -2.38. The van der Waals surface area contributed by atoms with Gasteiger partial charge in [-0.25, -0.2) is 4.98 Å². The fourth-order valence-electron chi connectivity index (χ4n) is 2.55. The molecule has 0 aromatic carbocycles. The third-order valence-electron chi connectivity index (χ3n) is 3.61. The Morgan fingerprint density at radius 2 is 2.11 bits per heavy atom. The van der Waals surface area contributed by atoms with Crippen LogP contribution in [0.4, 0.5) is 0 Å². The fraction of sp³-hybridized carbons (Fsp3) is 0.500. The highest BCUT2D eigenvalue weighted by molar-refractivity contribution is 7.17. The third-order valence-corrected chi connectivity index (χ3v) is 4.49. The maximum atomic E-state index is 6.20. The van der Waals surface area contributed by atoms with Gasteiger partial charge in [0.15, 0.2) is 0 Å². The minimum Gasteiger partial charge on any atom is -0.472 e. The summed E-state index contributed by atoms with van der Waals surface area (Å²) in [6.07, 6.45) is 7.73. The van der Waals surface area contributed by atoms with Crippen molar-refractivity contribution in [2.45, 2.75) is 44.2 Å². The van der Waals surface area contributed by atoms with Gasteiger partial charge in [-0.3, -0.25) is 0 Å². The van der Waals surface area contributed by atoms with Crippen LogP contribution in [-0.2, 0) is 0 Å². The van der Waals surface area contributed by atoms with E-state index < -0.39 is 0 Å². The summed E-state index contributed by atoms with van der Waals surface area (Å²) in [6.45, 7) is 0. The van der Waals surface area contributed by atoms with E-state index in [0.717, 1.165) is 24.1 Å².